The highest BCUT2D eigenvalue weighted by Crippen LogP contribution is 2.34. The standard InChI is InChI=1S/C23H23F3N6S/c1-5-16(33-31-22(2,3)4)8-6-9-19-18(13-27)17-12-15(23(24,25)26)14-30-20(17)32(19)21-28-10-7-11-29-21/h5-8,10-12,14,31H,9H2,1-4H3/b8-6-,16-5+. The minimum absolute atomic E-state index is 0.0837. The molecule has 6 nitrogen and oxygen atoms in total. The fourth-order valence-electron chi connectivity index (χ4n) is 3.00. The third kappa shape index (κ3) is 5.80. The summed E-state index contributed by atoms with van der Waals surface area (Å²) in [4.78, 5) is 13.4. The largest absolute Gasteiger partial charge is 0.417 e. The quantitative estimate of drug-likeness (QED) is 0.364. The van der Waals surface area contributed by atoms with Crippen molar-refractivity contribution in [2.75, 3.05) is 0 Å². The number of nitrogens with zero attached hydrogens (tertiary/aromatic N) is 5. The van der Waals surface area contributed by atoms with E-state index in [4.69, 9.17) is 0 Å². The molecule has 0 aliphatic rings. The molecule has 33 heavy (non-hydrogen) atoms. The van der Waals surface area contributed by atoms with Gasteiger partial charge in [0.1, 0.15) is 11.7 Å². The van der Waals surface area contributed by atoms with Gasteiger partial charge in [0.15, 0.2) is 0 Å². The third-order valence-corrected chi connectivity index (χ3v) is 5.77. The molecule has 0 atom stereocenters. The van der Waals surface area contributed by atoms with Gasteiger partial charge in [0.2, 0.25) is 5.95 Å². The highest BCUT2D eigenvalue weighted by Gasteiger charge is 2.32. The lowest BCUT2D eigenvalue weighted by Gasteiger charge is -2.19. The number of aromatic nitrogens is 4. The molecule has 0 bridgehead atoms. The lowest BCUT2D eigenvalue weighted by atomic mass is 10.1. The predicted molar refractivity (Wildman–Crippen MR) is 123 cm³/mol. The van der Waals surface area contributed by atoms with Gasteiger partial charge in [-0.1, -0.05) is 18.2 Å². The van der Waals surface area contributed by atoms with Crippen molar-refractivity contribution in [3.05, 3.63) is 70.7 Å². The minimum atomic E-state index is -4.57. The smallest absolute Gasteiger partial charge is 0.264 e. The first-order valence-corrected chi connectivity index (χ1v) is 10.9. The summed E-state index contributed by atoms with van der Waals surface area (Å²) in [6, 6.07) is 4.64. The van der Waals surface area contributed by atoms with Crippen molar-refractivity contribution in [2.45, 2.75) is 45.8 Å². The van der Waals surface area contributed by atoms with Gasteiger partial charge in [0.25, 0.3) is 0 Å². The summed E-state index contributed by atoms with van der Waals surface area (Å²) in [6.45, 7) is 8.07. The van der Waals surface area contributed by atoms with Crippen LogP contribution in [0.5, 0.6) is 0 Å². The number of halogens is 3. The van der Waals surface area contributed by atoms with E-state index in [0.29, 0.717) is 5.69 Å². The molecule has 172 valence electrons. The van der Waals surface area contributed by atoms with Gasteiger partial charge < -0.3 is 0 Å². The maximum atomic E-state index is 13.3. The molecule has 3 aromatic heterocycles. The Labute approximate surface area is 194 Å². The van der Waals surface area contributed by atoms with Crippen LogP contribution in [-0.2, 0) is 12.6 Å². The fraction of sp³-hybridized carbons (Fsp3) is 0.304. The molecule has 0 radical (unpaired) electrons. The Hall–Kier alpha value is -3.16. The van der Waals surface area contributed by atoms with Crippen molar-refractivity contribution in [3.8, 4) is 12.0 Å². The van der Waals surface area contributed by atoms with Crippen LogP contribution in [-0.4, -0.2) is 25.1 Å². The summed E-state index contributed by atoms with van der Waals surface area (Å²) in [5.41, 5.74) is -0.223. The molecule has 10 heteroatoms. The molecule has 0 unspecified atom stereocenters. The number of allylic oxidation sites excluding steroid dienone is 3. The Morgan fingerprint density at radius 1 is 1.21 bits per heavy atom. The number of nitriles is 1. The van der Waals surface area contributed by atoms with E-state index in [0.717, 1.165) is 17.2 Å². The molecule has 0 aliphatic carbocycles. The van der Waals surface area contributed by atoms with Crippen LogP contribution in [0.15, 0.2) is 53.9 Å². The Bertz CT molecular complexity index is 1230. The number of alkyl halides is 3. The number of fused-ring (bicyclic) bond motifs is 1. The van der Waals surface area contributed by atoms with Gasteiger partial charge in [-0.25, -0.2) is 15.0 Å². The summed E-state index contributed by atoms with van der Waals surface area (Å²) in [6.07, 6.45) is 5.20. The van der Waals surface area contributed by atoms with Gasteiger partial charge in [-0.15, -0.1) is 0 Å². The first-order chi connectivity index (χ1) is 15.5. The number of nitrogens with one attached hydrogen (secondary N) is 1. The summed E-state index contributed by atoms with van der Waals surface area (Å²) in [5.74, 6) is 0.231. The van der Waals surface area contributed by atoms with Crippen LogP contribution in [0, 0.1) is 11.3 Å². The summed E-state index contributed by atoms with van der Waals surface area (Å²) < 4.78 is 44.7. The molecule has 0 fully saturated rings. The van der Waals surface area contributed by atoms with Gasteiger partial charge >= 0.3 is 6.18 Å². The number of rotatable bonds is 6. The van der Waals surface area contributed by atoms with Crippen LogP contribution < -0.4 is 4.72 Å². The first kappa shape index (κ1) is 24.5. The van der Waals surface area contributed by atoms with Crippen molar-refractivity contribution < 1.29 is 13.2 Å². The molecule has 3 heterocycles. The van der Waals surface area contributed by atoms with E-state index in [1.807, 2.05) is 25.2 Å². The fourth-order valence-corrected chi connectivity index (χ4v) is 3.70. The van der Waals surface area contributed by atoms with Crippen molar-refractivity contribution in [1.29, 1.82) is 5.26 Å². The number of pyridine rings is 1. The van der Waals surface area contributed by atoms with Crippen LogP contribution in [0.25, 0.3) is 17.0 Å². The van der Waals surface area contributed by atoms with Gasteiger partial charge in [-0.05, 0) is 51.8 Å². The summed E-state index contributed by atoms with van der Waals surface area (Å²) in [5, 5.41) is 9.95. The van der Waals surface area contributed by atoms with E-state index in [1.54, 1.807) is 6.07 Å². The summed E-state index contributed by atoms with van der Waals surface area (Å²) >= 11 is 1.47. The minimum Gasteiger partial charge on any atom is -0.264 e. The third-order valence-electron chi connectivity index (χ3n) is 4.45. The van der Waals surface area contributed by atoms with Gasteiger partial charge in [0, 0.05) is 40.8 Å². The van der Waals surface area contributed by atoms with Crippen LogP contribution in [0.3, 0.4) is 0 Å². The van der Waals surface area contributed by atoms with E-state index < -0.39 is 11.7 Å². The van der Waals surface area contributed by atoms with Crippen LogP contribution >= 0.6 is 11.9 Å². The van der Waals surface area contributed by atoms with Crippen LogP contribution in [0.2, 0.25) is 0 Å². The number of hydrogen-bond acceptors (Lipinski definition) is 6. The maximum absolute atomic E-state index is 13.3. The van der Waals surface area contributed by atoms with Crippen LogP contribution in [0.4, 0.5) is 13.2 Å². The van der Waals surface area contributed by atoms with Crippen molar-refractivity contribution in [1.82, 2.24) is 24.2 Å². The second-order valence-electron chi connectivity index (χ2n) is 8.16. The number of hydrogen-bond donors (Lipinski definition) is 1. The van der Waals surface area contributed by atoms with Crippen molar-refractivity contribution in [2.24, 2.45) is 0 Å². The molecular weight excluding hydrogens is 449 g/mol. The van der Waals surface area contributed by atoms with E-state index in [-0.39, 0.29) is 34.5 Å². The zero-order valence-electron chi connectivity index (χ0n) is 18.6. The van der Waals surface area contributed by atoms with Gasteiger partial charge in [-0.2, -0.15) is 18.4 Å². The second-order valence-corrected chi connectivity index (χ2v) is 9.04. The molecule has 0 aliphatic heterocycles. The second kappa shape index (κ2) is 9.77. The molecule has 0 aromatic carbocycles. The van der Waals surface area contributed by atoms with Crippen LogP contribution in [0.1, 0.15) is 44.5 Å². The lowest BCUT2D eigenvalue weighted by molar-refractivity contribution is -0.137. The normalized spacial score (nSPS) is 13.1. The SMILES string of the molecule is C/C=C(\C=C/Cc1c(C#N)c2cc(C(F)(F)F)cnc2n1-c1ncccn1)SNC(C)(C)C. The molecule has 0 spiro atoms. The van der Waals surface area contributed by atoms with Crippen molar-refractivity contribution in [3.63, 3.8) is 0 Å². The lowest BCUT2D eigenvalue weighted by Crippen LogP contribution is -2.29. The maximum Gasteiger partial charge on any atom is 0.417 e. The van der Waals surface area contributed by atoms with E-state index >= 15 is 0 Å². The summed E-state index contributed by atoms with van der Waals surface area (Å²) in [7, 11) is 0. The molecule has 3 aromatic rings. The highest BCUT2D eigenvalue weighted by atomic mass is 32.2. The van der Waals surface area contributed by atoms with Crippen molar-refractivity contribution >= 4 is 23.0 Å². The zero-order chi connectivity index (χ0) is 24.2. The molecule has 3 rings (SSSR count). The van der Waals surface area contributed by atoms with E-state index in [2.05, 4.69) is 46.5 Å². The molecule has 0 saturated carbocycles. The Morgan fingerprint density at radius 2 is 1.91 bits per heavy atom. The van der Waals surface area contributed by atoms with E-state index in [9.17, 15) is 18.4 Å². The molecule has 0 saturated heterocycles. The Kier molecular flexibility index (Phi) is 7.25. The molecule has 0 amide bonds. The Balaban J connectivity index is 2.09. The van der Waals surface area contributed by atoms with Gasteiger partial charge in [0.05, 0.1) is 16.8 Å². The molecule has 1 N–H and O–H groups in total. The average molecular weight is 473 g/mol. The molecular formula is C23H23F3N6S. The topological polar surface area (TPSA) is 79.4 Å². The monoisotopic (exact) mass is 472 g/mol. The zero-order valence-corrected chi connectivity index (χ0v) is 19.4. The Morgan fingerprint density at radius 3 is 2.48 bits per heavy atom. The predicted octanol–water partition coefficient (Wildman–Crippen LogP) is 5.74. The first-order valence-electron chi connectivity index (χ1n) is 10.1. The highest BCUT2D eigenvalue weighted by molar-refractivity contribution is 8.01. The average Bonchev–Trinajstić information content (AvgIpc) is 3.07. The van der Waals surface area contributed by atoms with E-state index in [1.165, 1.54) is 28.9 Å². The van der Waals surface area contributed by atoms with Gasteiger partial charge in [-0.3, -0.25) is 9.29 Å².